The Bertz CT molecular complexity index is 3110. The molecule has 2 aliphatic carbocycles. The van der Waals surface area contributed by atoms with Gasteiger partial charge in [0.05, 0.1) is 5.41 Å². The standard InChI is InChI=1S/C52H31NO/c1-2-15-33-32(14-1)30-42(35-17-4-3-16-34(33)35)49-38-20-5-6-21-39(38)51(40-28-29-53-31-43(40)49)54-48-27-13-26-47-50(48)41-22-9-12-25-46(41)52(47)44-23-10-7-18-36(44)37-19-8-11-24-45(37)52/h1-31H. The first-order chi connectivity index (χ1) is 26.8. The predicted molar refractivity (Wildman–Crippen MR) is 223 cm³/mol. The minimum absolute atomic E-state index is 0.437. The summed E-state index contributed by atoms with van der Waals surface area (Å²) in [5, 5.41) is 9.24. The third-order valence-electron chi connectivity index (χ3n) is 12.0. The average molecular weight is 686 g/mol. The summed E-state index contributed by atoms with van der Waals surface area (Å²) in [4.78, 5) is 4.72. The number of hydrogen-bond donors (Lipinski definition) is 0. The average Bonchev–Trinajstić information content (AvgIpc) is 3.71. The first-order valence-electron chi connectivity index (χ1n) is 18.6. The van der Waals surface area contributed by atoms with Gasteiger partial charge in [-0.3, -0.25) is 4.98 Å². The van der Waals surface area contributed by atoms with Crippen molar-refractivity contribution >= 4 is 43.1 Å². The van der Waals surface area contributed by atoms with Crippen molar-refractivity contribution in [1.82, 2.24) is 4.98 Å². The minimum Gasteiger partial charge on any atom is -0.455 e. The molecule has 0 unspecified atom stereocenters. The number of nitrogens with zero attached hydrogens (tertiary/aromatic N) is 1. The van der Waals surface area contributed by atoms with Crippen LogP contribution in [-0.2, 0) is 5.41 Å². The Labute approximate surface area is 312 Å². The molecule has 10 aromatic rings. The summed E-state index contributed by atoms with van der Waals surface area (Å²) in [5.41, 5.74) is 12.1. The summed E-state index contributed by atoms with van der Waals surface area (Å²) in [6.07, 6.45) is 3.90. The number of fused-ring (bicyclic) bond motifs is 15. The lowest BCUT2D eigenvalue weighted by atomic mass is 9.70. The molecule has 0 aliphatic heterocycles. The largest absolute Gasteiger partial charge is 0.455 e. The lowest BCUT2D eigenvalue weighted by molar-refractivity contribution is 0.495. The van der Waals surface area contributed by atoms with Gasteiger partial charge < -0.3 is 4.74 Å². The van der Waals surface area contributed by atoms with Crippen LogP contribution in [0.2, 0.25) is 0 Å². The van der Waals surface area contributed by atoms with E-state index < -0.39 is 5.41 Å². The summed E-state index contributed by atoms with van der Waals surface area (Å²) in [6.45, 7) is 0. The Morgan fingerprint density at radius 1 is 0.370 bits per heavy atom. The Morgan fingerprint density at radius 3 is 1.69 bits per heavy atom. The number of aromatic nitrogens is 1. The van der Waals surface area contributed by atoms with Crippen molar-refractivity contribution in [3.05, 3.63) is 211 Å². The van der Waals surface area contributed by atoms with Crippen molar-refractivity contribution in [2.75, 3.05) is 0 Å². The molecule has 0 fully saturated rings. The van der Waals surface area contributed by atoms with Crippen molar-refractivity contribution in [3.63, 3.8) is 0 Å². The number of pyridine rings is 1. The van der Waals surface area contributed by atoms with E-state index in [0.29, 0.717) is 0 Å². The van der Waals surface area contributed by atoms with Gasteiger partial charge >= 0.3 is 0 Å². The maximum Gasteiger partial charge on any atom is 0.143 e. The van der Waals surface area contributed by atoms with Crippen LogP contribution < -0.4 is 4.74 Å². The van der Waals surface area contributed by atoms with Crippen LogP contribution in [0.3, 0.4) is 0 Å². The molecule has 2 heteroatoms. The van der Waals surface area contributed by atoms with E-state index in [-0.39, 0.29) is 0 Å². The van der Waals surface area contributed by atoms with Crippen LogP contribution >= 0.6 is 0 Å². The monoisotopic (exact) mass is 685 g/mol. The highest BCUT2D eigenvalue weighted by molar-refractivity contribution is 6.23. The third kappa shape index (κ3) is 3.76. The molecular weight excluding hydrogens is 655 g/mol. The van der Waals surface area contributed by atoms with Crippen LogP contribution in [0.5, 0.6) is 11.5 Å². The zero-order chi connectivity index (χ0) is 35.4. The maximum atomic E-state index is 7.40. The minimum atomic E-state index is -0.437. The van der Waals surface area contributed by atoms with E-state index in [1.54, 1.807) is 0 Å². The molecule has 9 aromatic carbocycles. The number of benzene rings is 9. The van der Waals surface area contributed by atoms with Gasteiger partial charge in [0.2, 0.25) is 0 Å². The van der Waals surface area contributed by atoms with E-state index in [1.807, 2.05) is 12.4 Å². The van der Waals surface area contributed by atoms with Gasteiger partial charge in [0, 0.05) is 34.1 Å². The van der Waals surface area contributed by atoms with E-state index in [1.165, 1.54) is 71.6 Å². The lowest BCUT2D eigenvalue weighted by Gasteiger charge is -2.30. The Morgan fingerprint density at radius 2 is 0.926 bits per heavy atom. The SMILES string of the molecule is c1ccc2c(c1)-c1ccccc1C21c2ccccc2-c2c(Oc3c4ccccc4c(-c4cc5ccccc5c5ccccc45)c4cnccc34)cccc21. The lowest BCUT2D eigenvalue weighted by Crippen LogP contribution is -2.25. The second-order valence-corrected chi connectivity index (χ2v) is 14.5. The molecular formula is C52H31NO. The quantitative estimate of drug-likeness (QED) is 0.136. The Kier molecular flexibility index (Phi) is 6.01. The summed E-state index contributed by atoms with van der Waals surface area (Å²) in [7, 11) is 0. The second kappa shape index (κ2) is 11.0. The highest BCUT2D eigenvalue weighted by Crippen LogP contribution is 2.64. The van der Waals surface area contributed by atoms with Crippen LogP contribution in [0, 0.1) is 0 Å². The van der Waals surface area contributed by atoms with Crippen molar-refractivity contribution in [3.8, 4) is 44.9 Å². The zero-order valence-electron chi connectivity index (χ0n) is 29.3. The molecule has 0 atom stereocenters. The molecule has 1 aromatic heterocycles. The molecule has 0 saturated heterocycles. The molecule has 54 heavy (non-hydrogen) atoms. The predicted octanol–water partition coefficient (Wildman–Crippen LogP) is 13.5. The first kappa shape index (κ1) is 29.5. The fraction of sp³-hybridized carbons (Fsp3) is 0.0192. The second-order valence-electron chi connectivity index (χ2n) is 14.5. The smallest absolute Gasteiger partial charge is 0.143 e. The summed E-state index contributed by atoms with van der Waals surface area (Å²) < 4.78 is 7.40. The zero-order valence-corrected chi connectivity index (χ0v) is 29.3. The highest BCUT2D eigenvalue weighted by atomic mass is 16.5. The maximum absolute atomic E-state index is 7.40. The van der Waals surface area contributed by atoms with Gasteiger partial charge in [-0.1, -0.05) is 158 Å². The van der Waals surface area contributed by atoms with Gasteiger partial charge in [-0.2, -0.15) is 0 Å². The van der Waals surface area contributed by atoms with Crippen LogP contribution in [0.4, 0.5) is 0 Å². The molecule has 0 N–H and O–H groups in total. The summed E-state index contributed by atoms with van der Waals surface area (Å²) in [5.74, 6) is 1.70. The molecule has 250 valence electrons. The Hall–Kier alpha value is -7.03. The summed E-state index contributed by atoms with van der Waals surface area (Å²) in [6, 6.07) is 64.0. The van der Waals surface area contributed by atoms with E-state index in [9.17, 15) is 0 Å². The van der Waals surface area contributed by atoms with Crippen LogP contribution in [0.1, 0.15) is 22.3 Å². The van der Waals surface area contributed by atoms with Gasteiger partial charge in [0.1, 0.15) is 11.5 Å². The number of hydrogen-bond acceptors (Lipinski definition) is 2. The fourth-order valence-electron chi connectivity index (χ4n) is 9.95. The van der Waals surface area contributed by atoms with Crippen molar-refractivity contribution in [2.24, 2.45) is 0 Å². The van der Waals surface area contributed by atoms with Gasteiger partial charge in [0.15, 0.2) is 0 Å². The van der Waals surface area contributed by atoms with Gasteiger partial charge in [-0.05, 0) is 95.2 Å². The molecule has 12 rings (SSSR count). The molecule has 2 nitrogen and oxygen atoms in total. The van der Waals surface area contributed by atoms with Gasteiger partial charge in [-0.25, -0.2) is 0 Å². The number of rotatable bonds is 3. The topological polar surface area (TPSA) is 22.1 Å². The number of ether oxygens (including phenoxy) is 1. The van der Waals surface area contributed by atoms with Crippen LogP contribution in [0.15, 0.2) is 188 Å². The van der Waals surface area contributed by atoms with E-state index in [2.05, 4.69) is 176 Å². The molecule has 1 spiro atoms. The van der Waals surface area contributed by atoms with Crippen LogP contribution in [0.25, 0.3) is 76.5 Å². The van der Waals surface area contributed by atoms with Crippen LogP contribution in [-0.4, -0.2) is 4.98 Å². The molecule has 1 heterocycles. The van der Waals surface area contributed by atoms with Crippen molar-refractivity contribution in [1.29, 1.82) is 0 Å². The molecule has 2 aliphatic rings. The highest BCUT2D eigenvalue weighted by Gasteiger charge is 2.52. The van der Waals surface area contributed by atoms with Crippen molar-refractivity contribution in [2.45, 2.75) is 5.41 Å². The molecule has 0 bridgehead atoms. The molecule has 0 amide bonds. The summed E-state index contributed by atoms with van der Waals surface area (Å²) >= 11 is 0. The van der Waals surface area contributed by atoms with E-state index in [4.69, 9.17) is 9.72 Å². The van der Waals surface area contributed by atoms with E-state index >= 15 is 0 Å². The third-order valence-corrected chi connectivity index (χ3v) is 12.0. The molecule has 0 radical (unpaired) electrons. The van der Waals surface area contributed by atoms with Gasteiger partial charge in [0.25, 0.3) is 0 Å². The van der Waals surface area contributed by atoms with E-state index in [0.717, 1.165) is 38.6 Å². The van der Waals surface area contributed by atoms with Crippen molar-refractivity contribution < 1.29 is 4.74 Å². The Balaban J connectivity index is 1.14. The fourth-order valence-corrected chi connectivity index (χ4v) is 9.95. The normalized spacial score (nSPS) is 13.3. The first-order valence-corrected chi connectivity index (χ1v) is 18.6. The molecule has 0 saturated carbocycles. The van der Waals surface area contributed by atoms with Gasteiger partial charge in [-0.15, -0.1) is 0 Å².